The third-order valence-electron chi connectivity index (χ3n) is 0. The maximum absolute atomic E-state index is 8.52. The van der Waals surface area contributed by atoms with Gasteiger partial charge in [0, 0.05) is 9.17 Å². The van der Waals surface area contributed by atoms with E-state index in [1.165, 1.54) is 0 Å². The van der Waals surface area contributed by atoms with Crippen LogP contribution >= 0.6 is 0 Å². The summed E-state index contributed by atoms with van der Waals surface area (Å²) >= 11 is 0. The molecule has 0 rings (SSSR count). The summed E-state index contributed by atoms with van der Waals surface area (Å²) in [6.07, 6.45) is -2.33. The van der Waals surface area contributed by atoms with Crippen molar-refractivity contribution in [1.29, 1.82) is 0 Å². The molecule has 10 heavy (non-hydrogen) atoms. The standard InChI is InChI=1S/CH2O3.Ca.Mg.O3Si/c2-1(3)4;;;1-4(2)3/h(H2,2,3,4);;;/q;2*+2;-2/p-2. The van der Waals surface area contributed by atoms with E-state index in [4.69, 9.17) is 29.1 Å². The summed E-state index contributed by atoms with van der Waals surface area (Å²) < 4.78 is 8.52. The van der Waals surface area contributed by atoms with Crippen molar-refractivity contribution in [3.63, 3.8) is 0 Å². The molecule has 0 aliphatic heterocycles. The fraction of sp³-hybridized carbons (Fsp3) is 0. The van der Waals surface area contributed by atoms with Crippen molar-refractivity contribution in [2.75, 3.05) is 0 Å². The largest absolute Gasteiger partial charge is 2.00 e. The average molecular weight is 200 g/mol. The van der Waals surface area contributed by atoms with Gasteiger partial charge in [0.05, 0.1) is 0 Å². The van der Waals surface area contributed by atoms with Gasteiger partial charge in [0.25, 0.3) is 0 Å². The number of rotatable bonds is 0. The predicted octanol–water partition coefficient (Wildman–Crippen LogP) is -6.09. The van der Waals surface area contributed by atoms with Crippen molar-refractivity contribution < 1.29 is 29.1 Å². The Labute approximate surface area is 104 Å². The minimum atomic E-state index is -3.63. The van der Waals surface area contributed by atoms with Crippen LogP contribution in [0.15, 0.2) is 0 Å². The summed E-state index contributed by atoms with van der Waals surface area (Å²) in [4.78, 5) is 25.4. The van der Waals surface area contributed by atoms with Gasteiger partial charge in [-0.25, -0.2) is 0 Å². The first-order chi connectivity index (χ1) is 3.46. The second-order valence-electron chi connectivity index (χ2n) is 0.500. The molecule has 48 valence electrons. The molecule has 0 radical (unpaired) electrons. The predicted molar refractivity (Wildman–Crippen MR) is 23.3 cm³/mol. The van der Waals surface area contributed by atoms with Crippen LogP contribution in [0.1, 0.15) is 0 Å². The molecule has 0 N–H and O–H groups in total. The molecule has 0 fully saturated rings. The van der Waals surface area contributed by atoms with Crippen molar-refractivity contribution in [2.24, 2.45) is 0 Å². The number of hydrogen-bond acceptors (Lipinski definition) is 6. The molecule has 0 aromatic heterocycles. The van der Waals surface area contributed by atoms with Crippen LogP contribution in [0.4, 0.5) is 4.79 Å². The molecule has 0 saturated heterocycles. The molecular weight excluding hydrogens is 200 g/mol. The van der Waals surface area contributed by atoms with E-state index in [-0.39, 0.29) is 60.8 Å². The summed E-state index contributed by atoms with van der Waals surface area (Å²) in [7, 11) is -3.63. The molecule has 0 heterocycles. The first kappa shape index (κ1) is 22.4. The van der Waals surface area contributed by atoms with E-state index in [0.29, 0.717) is 0 Å². The SMILES string of the molecule is O=C([O-])[O-].O=[Si]([O-])[O-].[Ca+2].[Mg+2]. The summed E-state index contributed by atoms with van der Waals surface area (Å²) in [5.41, 5.74) is 0. The van der Waals surface area contributed by atoms with Crippen LogP contribution in [-0.4, -0.2) is 76.1 Å². The Hall–Kier alpha value is 0.913. The van der Waals surface area contributed by atoms with Crippen LogP contribution in [0.25, 0.3) is 0 Å². The van der Waals surface area contributed by atoms with Crippen LogP contribution < -0.4 is 19.8 Å². The Balaban J connectivity index is -0.0000000300. The molecule has 9 heteroatoms. The van der Waals surface area contributed by atoms with E-state index in [1.807, 2.05) is 0 Å². The Bertz CT molecular complexity index is 75.7. The van der Waals surface area contributed by atoms with Crippen LogP contribution in [0, 0.1) is 0 Å². The van der Waals surface area contributed by atoms with Crippen LogP contribution in [-0.2, 0) is 4.46 Å². The van der Waals surface area contributed by atoms with E-state index >= 15 is 0 Å². The minimum absolute atomic E-state index is 0. The van der Waals surface area contributed by atoms with E-state index in [2.05, 4.69) is 0 Å². The summed E-state index contributed by atoms with van der Waals surface area (Å²) in [6.45, 7) is 0. The van der Waals surface area contributed by atoms with Gasteiger partial charge in [-0.05, 0) is 6.16 Å². The maximum atomic E-state index is 8.52. The molecule has 0 aromatic carbocycles. The van der Waals surface area contributed by atoms with Gasteiger partial charge in [0.2, 0.25) is 0 Å². The number of carboxylic acid groups (broad SMARTS) is 2. The zero-order chi connectivity index (χ0) is 7.15. The summed E-state index contributed by atoms with van der Waals surface area (Å²) in [6, 6.07) is 0. The molecule has 0 amide bonds. The van der Waals surface area contributed by atoms with Crippen molar-refractivity contribution in [2.45, 2.75) is 0 Å². The monoisotopic (exact) mass is 200 g/mol. The zero-order valence-electron chi connectivity index (χ0n) is 4.86. The molecule has 0 aliphatic carbocycles. The maximum Gasteiger partial charge on any atom is 2.00 e. The first-order valence-corrected chi connectivity index (χ1v) is 2.45. The Morgan fingerprint density at radius 1 is 1.20 bits per heavy atom. The average Bonchev–Trinajstić information content (AvgIpc) is 1.25. The quantitative estimate of drug-likeness (QED) is 0.358. The Kier molecular flexibility index (Phi) is 37.0. The second-order valence-corrected chi connectivity index (χ2v) is 1.00. The summed E-state index contributed by atoms with van der Waals surface area (Å²) in [5.74, 6) is 0. The van der Waals surface area contributed by atoms with Crippen molar-refractivity contribution in [3.8, 4) is 0 Å². The molecule has 0 unspecified atom stereocenters. The molecule has 0 bridgehead atoms. The van der Waals surface area contributed by atoms with Gasteiger partial charge in [-0.2, -0.15) is 0 Å². The van der Waals surface area contributed by atoms with Gasteiger partial charge in [-0.15, -0.1) is 0 Å². The molecule has 0 aromatic rings. The third-order valence-corrected chi connectivity index (χ3v) is 0. The number of carbonyl (C=O) groups is 1. The minimum Gasteiger partial charge on any atom is -0.672 e. The van der Waals surface area contributed by atoms with E-state index < -0.39 is 15.3 Å². The van der Waals surface area contributed by atoms with Crippen molar-refractivity contribution in [1.82, 2.24) is 0 Å². The van der Waals surface area contributed by atoms with Crippen molar-refractivity contribution in [3.05, 3.63) is 0 Å². The molecule has 0 aliphatic rings. The zero-order valence-corrected chi connectivity index (χ0v) is 9.49. The Morgan fingerprint density at radius 3 is 1.20 bits per heavy atom. The fourth-order valence-electron chi connectivity index (χ4n) is 0. The second kappa shape index (κ2) is 16.5. The van der Waals surface area contributed by atoms with Crippen LogP contribution in [0.2, 0.25) is 0 Å². The topological polar surface area (TPSA) is 126 Å². The number of hydrogen-bond donors (Lipinski definition) is 0. The molecule has 0 spiro atoms. The fourth-order valence-corrected chi connectivity index (χ4v) is 0. The van der Waals surface area contributed by atoms with Gasteiger partial charge in [-0.1, -0.05) is 0 Å². The van der Waals surface area contributed by atoms with E-state index in [9.17, 15) is 0 Å². The van der Waals surface area contributed by atoms with Crippen LogP contribution in [0.3, 0.4) is 0 Å². The van der Waals surface area contributed by atoms with E-state index in [1.54, 1.807) is 0 Å². The summed E-state index contributed by atoms with van der Waals surface area (Å²) in [5, 5.41) is 16.7. The Morgan fingerprint density at radius 2 is 1.20 bits per heavy atom. The van der Waals surface area contributed by atoms with E-state index in [0.717, 1.165) is 0 Å². The smallest absolute Gasteiger partial charge is 0.672 e. The van der Waals surface area contributed by atoms with Gasteiger partial charge < -0.3 is 29.1 Å². The van der Waals surface area contributed by atoms with Crippen LogP contribution in [0.5, 0.6) is 0 Å². The van der Waals surface area contributed by atoms with Gasteiger partial charge >= 0.3 is 60.8 Å². The van der Waals surface area contributed by atoms with Gasteiger partial charge in [0.15, 0.2) is 0 Å². The van der Waals surface area contributed by atoms with Gasteiger partial charge in [-0.3, -0.25) is 0 Å². The molecular formula is CCaMgO6Si. The molecule has 0 saturated carbocycles. The molecule has 0 atom stereocenters. The number of carbonyl (C=O) groups excluding carboxylic acids is 1. The normalized spacial score (nSPS) is 4.80. The van der Waals surface area contributed by atoms with Gasteiger partial charge in [0.1, 0.15) is 0 Å². The third kappa shape index (κ3) is 670. The first-order valence-electron chi connectivity index (χ1n) is 1.22. The van der Waals surface area contributed by atoms with Crippen molar-refractivity contribution >= 4 is 76.1 Å². The molecule has 6 nitrogen and oxygen atoms in total.